The molecule has 1 fully saturated rings. The van der Waals surface area contributed by atoms with E-state index in [-0.39, 0.29) is 10.8 Å². The van der Waals surface area contributed by atoms with Crippen LogP contribution in [0.2, 0.25) is 5.02 Å². The number of benzene rings is 2. The number of amides is 1. The number of carbonyl (C=O) groups excluding carboxylic acids is 1. The maximum absolute atomic E-state index is 12.5. The van der Waals surface area contributed by atoms with Crippen LogP contribution < -0.4 is 9.62 Å². The fourth-order valence-electron chi connectivity index (χ4n) is 2.66. The second-order valence-electron chi connectivity index (χ2n) is 5.75. The van der Waals surface area contributed by atoms with Crippen molar-refractivity contribution in [2.45, 2.75) is 24.3 Å². The predicted octanol–water partition coefficient (Wildman–Crippen LogP) is 2.73. The number of sulfonamides is 1. The lowest BCUT2D eigenvalue weighted by molar-refractivity contribution is -0.118. The van der Waals surface area contributed by atoms with Gasteiger partial charge in [-0.25, -0.2) is 8.42 Å². The van der Waals surface area contributed by atoms with E-state index in [9.17, 15) is 13.2 Å². The molecule has 0 saturated carbocycles. The average Bonchev–Trinajstić information content (AvgIpc) is 2.89. The third kappa shape index (κ3) is 3.45. The molecule has 5 nitrogen and oxygen atoms in total. The van der Waals surface area contributed by atoms with E-state index in [0.717, 1.165) is 11.3 Å². The van der Waals surface area contributed by atoms with Gasteiger partial charge in [-0.15, -0.1) is 0 Å². The Labute approximate surface area is 146 Å². The molecule has 126 valence electrons. The monoisotopic (exact) mass is 364 g/mol. The summed E-state index contributed by atoms with van der Waals surface area (Å²) >= 11 is 5.84. The molecule has 0 aromatic heterocycles. The number of aryl methyl sites for hydroxylation is 1. The van der Waals surface area contributed by atoms with E-state index < -0.39 is 16.1 Å². The molecule has 1 aliphatic heterocycles. The topological polar surface area (TPSA) is 66.5 Å². The van der Waals surface area contributed by atoms with Crippen LogP contribution in [-0.2, 0) is 14.8 Å². The second-order valence-corrected chi connectivity index (χ2v) is 7.90. The molecule has 1 amide bonds. The summed E-state index contributed by atoms with van der Waals surface area (Å²) in [7, 11) is -3.79. The van der Waals surface area contributed by atoms with Crippen LogP contribution in [0.25, 0.3) is 0 Å². The van der Waals surface area contributed by atoms with Crippen LogP contribution in [0, 0.1) is 6.92 Å². The van der Waals surface area contributed by atoms with Crippen LogP contribution in [0.4, 0.5) is 5.69 Å². The van der Waals surface area contributed by atoms with Crippen LogP contribution in [0.3, 0.4) is 0 Å². The molecule has 0 aliphatic carbocycles. The molecule has 0 bridgehead atoms. The number of nitrogens with zero attached hydrogens (tertiary/aromatic N) is 1. The molecule has 3 rings (SSSR count). The zero-order valence-electron chi connectivity index (χ0n) is 13.1. The maximum Gasteiger partial charge on any atom is 0.245 e. The van der Waals surface area contributed by atoms with Gasteiger partial charge in [0, 0.05) is 17.3 Å². The minimum Gasteiger partial charge on any atom is -0.311 e. The van der Waals surface area contributed by atoms with Gasteiger partial charge in [-0.2, -0.15) is 4.72 Å². The standard InChI is InChI=1S/C17H17ClN2O3S/c1-12-5-7-14(8-6-12)20-10-9-16(17(20)21)19-24(22,23)15-4-2-3-13(18)11-15/h2-8,11,16,19H,9-10H2,1H3. The third-order valence-corrected chi connectivity index (χ3v) is 5.66. The van der Waals surface area contributed by atoms with Crippen molar-refractivity contribution in [3.63, 3.8) is 0 Å². The Morgan fingerprint density at radius 3 is 2.54 bits per heavy atom. The van der Waals surface area contributed by atoms with Gasteiger partial charge in [-0.05, 0) is 43.7 Å². The molecule has 2 aromatic carbocycles. The fraction of sp³-hybridized carbons (Fsp3) is 0.235. The van der Waals surface area contributed by atoms with Crippen molar-refractivity contribution in [2.24, 2.45) is 0 Å². The highest BCUT2D eigenvalue weighted by atomic mass is 35.5. The van der Waals surface area contributed by atoms with Gasteiger partial charge in [0.25, 0.3) is 0 Å². The predicted molar refractivity (Wildman–Crippen MR) is 93.7 cm³/mol. The average molecular weight is 365 g/mol. The Morgan fingerprint density at radius 2 is 1.88 bits per heavy atom. The molecular formula is C17H17ClN2O3S. The number of anilines is 1. The maximum atomic E-state index is 12.5. The Hall–Kier alpha value is -1.89. The number of carbonyl (C=O) groups is 1. The highest BCUT2D eigenvalue weighted by molar-refractivity contribution is 7.89. The number of hydrogen-bond donors (Lipinski definition) is 1. The van der Waals surface area contributed by atoms with Crippen molar-refractivity contribution in [3.8, 4) is 0 Å². The first-order valence-electron chi connectivity index (χ1n) is 7.53. The van der Waals surface area contributed by atoms with Gasteiger partial charge >= 0.3 is 0 Å². The summed E-state index contributed by atoms with van der Waals surface area (Å²) in [5.41, 5.74) is 1.87. The largest absolute Gasteiger partial charge is 0.311 e. The Balaban J connectivity index is 1.77. The van der Waals surface area contributed by atoms with Crippen LogP contribution >= 0.6 is 11.6 Å². The molecule has 1 saturated heterocycles. The zero-order chi connectivity index (χ0) is 17.3. The van der Waals surface area contributed by atoms with Crippen LogP contribution in [0.1, 0.15) is 12.0 Å². The molecule has 24 heavy (non-hydrogen) atoms. The first-order valence-corrected chi connectivity index (χ1v) is 9.39. The van der Waals surface area contributed by atoms with Crippen molar-refractivity contribution in [2.75, 3.05) is 11.4 Å². The summed E-state index contributed by atoms with van der Waals surface area (Å²) in [6.45, 7) is 2.45. The van der Waals surface area contributed by atoms with Crippen molar-refractivity contribution < 1.29 is 13.2 Å². The summed E-state index contributed by atoms with van der Waals surface area (Å²) in [6, 6.07) is 12.8. The summed E-state index contributed by atoms with van der Waals surface area (Å²) in [5, 5.41) is 0.330. The zero-order valence-corrected chi connectivity index (χ0v) is 14.6. The Morgan fingerprint density at radius 1 is 1.17 bits per heavy atom. The smallest absolute Gasteiger partial charge is 0.245 e. The van der Waals surface area contributed by atoms with Crippen LogP contribution in [-0.4, -0.2) is 26.9 Å². The molecule has 7 heteroatoms. The van der Waals surface area contributed by atoms with Crippen LogP contribution in [0.15, 0.2) is 53.4 Å². The molecule has 2 aromatic rings. The van der Waals surface area contributed by atoms with E-state index in [4.69, 9.17) is 11.6 Å². The van der Waals surface area contributed by atoms with Gasteiger partial charge in [-0.3, -0.25) is 4.79 Å². The number of nitrogens with one attached hydrogen (secondary N) is 1. The van der Waals surface area contributed by atoms with E-state index in [2.05, 4.69) is 4.72 Å². The van der Waals surface area contributed by atoms with Gasteiger partial charge in [-0.1, -0.05) is 35.4 Å². The minimum atomic E-state index is -3.79. The van der Waals surface area contributed by atoms with E-state index in [1.54, 1.807) is 17.0 Å². The van der Waals surface area contributed by atoms with E-state index in [1.807, 2.05) is 31.2 Å². The lowest BCUT2D eigenvalue weighted by Crippen LogP contribution is -2.41. The molecule has 1 N–H and O–H groups in total. The lowest BCUT2D eigenvalue weighted by atomic mass is 10.2. The van der Waals surface area contributed by atoms with Crippen molar-refractivity contribution in [1.29, 1.82) is 0 Å². The Bertz CT molecular complexity index is 866. The van der Waals surface area contributed by atoms with Crippen molar-refractivity contribution in [3.05, 3.63) is 59.1 Å². The van der Waals surface area contributed by atoms with Crippen LogP contribution in [0.5, 0.6) is 0 Å². The van der Waals surface area contributed by atoms with E-state index >= 15 is 0 Å². The summed E-state index contributed by atoms with van der Waals surface area (Å²) in [5.74, 6) is -0.246. The SMILES string of the molecule is Cc1ccc(N2CCC(NS(=O)(=O)c3cccc(Cl)c3)C2=O)cc1. The number of halogens is 1. The molecule has 1 heterocycles. The molecule has 0 spiro atoms. The summed E-state index contributed by atoms with van der Waals surface area (Å²) in [4.78, 5) is 14.2. The Kier molecular flexibility index (Phi) is 4.62. The second kappa shape index (κ2) is 6.55. The quantitative estimate of drug-likeness (QED) is 0.907. The van der Waals surface area contributed by atoms with Gasteiger partial charge in [0.05, 0.1) is 4.90 Å². The van der Waals surface area contributed by atoms with Gasteiger partial charge < -0.3 is 4.90 Å². The molecule has 1 unspecified atom stereocenters. The van der Waals surface area contributed by atoms with E-state index in [1.165, 1.54) is 12.1 Å². The van der Waals surface area contributed by atoms with Gasteiger partial charge in [0.15, 0.2) is 0 Å². The summed E-state index contributed by atoms with van der Waals surface area (Å²) < 4.78 is 27.3. The fourth-order valence-corrected chi connectivity index (χ4v) is 4.18. The minimum absolute atomic E-state index is 0.0524. The molecule has 1 aliphatic rings. The first-order chi connectivity index (χ1) is 11.4. The number of hydrogen-bond acceptors (Lipinski definition) is 3. The van der Waals surface area contributed by atoms with E-state index in [0.29, 0.717) is 18.0 Å². The first kappa shape index (κ1) is 17.0. The molecule has 0 radical (unpaired) electrons. The van der Waals surface area contributed by atoms with Crippen molar-refractivity contribution >= 4 is 33.2 Å². The summed E-state index contributed by atoms with van der Waals surface area (Å²) in [6.07, 6.45) is 0.423. The third-order valence-electron chi connectivity index (χ3n) is 3.95. The number of rotatable bonds is 4. The van der Waals surface area contributed by atoms with Gasteiger partial charge in [0.2, 0.25) is 15.9 Å². The molecule has 1 atom stereocenters. The highest BCUT2D eigenvalue weighted by Gasteiger charge is 2.35. The van der Waals surface area contributed by atoms with Crippen molar-refractivity contribution in [1.82, 2.24) is 4.72 Å². The highest BCUT2D eigenvalue weighted by Crippen LogP contribution is 2.23. The molecular weight excluding hydrogens is 348 g/mol. The van der Waals surface area contributed by atoms with Gasteiger partial charge in [0.1, 0.15) is 6.04 Å². The lowest BCUT2D eigenvalue weighted by Gasteiger charge is -2.17. The normalized spacial score (nSPS) is 18.2.